The van der Waals surface area contributed by atoms with E-state index in [-0.39, 0.29) is 22.9 Å². The van der Waals surface area contributed by atoms with Crippen LogP contribution in [0, 0.1) is 11.6 Å². The summed E-state index contributed by atoms with van der Waals surface area (Å²) in [5.74, 6) is -1.82. The third kappa shape index (κ3) is 3.74. The van der Waals surface area contributed by atoms with Gasteiger partial charge in [-0.1, -0.05) is 6.92 Å². The Bertz CT molecular complexity index is 612. The molecule has 0 saturated carbocycles. The van der Waals surface area contributed by atoms with Crippen molar-refractivity contribution in [1.29, 1.82) is 0 Å². The van der Waals surface area contributed by atoms with Gasteiger partial charge in [0.25, 0.3) is 0 Å². The number of nitrogens with zero attached hydrogens (tertiary/aromatic N) is 3. The first-order valence-corrected chi connectivity index (χ1v) is 6.22. The number of hydrogen-bond donors (Lipinski definition) is 1. The van der Waals surface area contributed by atoms with Crippen LogP contribution in [0.25, 0.3) is 0 Å². The van der Waals surface area contributed by atoms with Crippen LogP contribution in [0.3, 0.4) is 0 Å². The second kappa shape index (κ2) is 6.42. The van der Waals surface area contributed by atoms with Crippen molar-refractivity contribution in [3.05, 3.63) is 35.1 Å². The molecule has 0 aliphatic heterocycles. The normalized spacial score (nSPS) is 10.4. The molecule has 0 unspecified atom stereocenters. The summed E-state index contributed by atoms with van der Waals surface area (Å²) in [7, 11) is 0. The summed E-state index contributed by atoms with van der Waals surface area (Å²) in [5, 5.41) is 2.64. The van der Waals surface area contributed by atoms with Crippen molar-refractivity contribution in [1.82, 2.24) is 15.0 Å². The summed E-state index contributed by atoms with van der Waals surface area (Å²) in [4.78, 5) is 11.6. The lowest BCUT2D eigenvalue weighted by atomic mass is 10.3. The highest BCUT2D eigenvalue weighted by molar-refractivity contribution is 6.28. The van der Waals surface area contributed by atoms with E-state index in [9.17, 15) is 8.78 Å². The number of anilines is 2. The fraction of sp³-hybridized carbons (Fsp3) is 0.250. The topological polar surface area (TPSA) is 59.9 Å². The Morgan fingerprint density at radius 2 is 2.00 bits per heavy atom. The summed E-state index contributed by atoms with van der Waals surface area (Å²) in [6.45, 7) is 2.37. The SMILES string of the molecule is CCCOc1nc(Cl)nc(Nc2ccc(F)c(F)c2)n1. The van der Waals surface area contributed by atoms with Gasteiger partial charge in [0.1, 0.15) is 0 Å². The standard InChI is InChI=1S/C12H11ClF2N4O/c1-2-5-20-12-18-10(13)17-11(19-12)16-7-3-4-8(14)9(15)6-7/h3-4,6H,2,5H2,1H3,(H,16,17,18,19). The highest BCUT2D eigenvalue weighted by Gasteiger charge is 2.08. The summed E-state index contributed by atoms with van der Waals surface area (Å²) < 4.78 is 31.1. The van der Waals surface area contributed by atoms with E-state index in [0.717, 1.165) is 18.6 Å². The molecule has 2 aromatic rings. The Labute approximate surface area is 119 Å². The smallest absolute Gasteiger partial charge is 0.322 e. The van der Waals surface area contributed by atoms with Crippen molar-refractivity contribution in [2.24, 2.45) is 0 Å². The fourth-order valence-corrected chi connectivity index (χ4v) is 1.50. The molecule has 20 heavy (non-hydrogen) atoms. The van der Waals surface area contributed by atoms with Crippen LogP contribution in [-0.4, -0.2) is 21.6 Å². The minimum atomic E-state index is -0.974. The number of rotatable bonds is 5. The van der Waals surface area contributed by atoms with E-state index >= 15 is 0 Å². The first-order chi connectivity index (χ1) is 9.58. The molecule has 1 heterocycles. The van der Waals surface area contributed by atoms with Crippen molar-refractivity contribution in [3.63, 3.8) is 0 Å². The quantitative estimate of drug-likeness (QED) is 0.917. The summed E-state index contributed by atoms with van der Waals surface area (Å²) in [6, 6.07) is 3.40. The molecule has 1 N–H and O–H groups in total. The number of nitrogens with one attached hydrogen (secondary N) is 1. The zero-order chi connectivity index (χ0) is 14.5. The monoisotopic (exact) mass is 300 g/mol. The average Bonchev–Trinajstić information content (AvgIpc) is 2.40. The van der Waals surface area contributed by atoms with E-state index in [2.05, 4.69) is 20.3 Å². The maximum Gasteiger partial charge on any atom is 0.322 e. The molecule has 1 aromatic heterocycles. The number of halogens is 3. The Hall–Kier alpha value is -2.02. The molecule has 0 fully saturated rings. The molecule has 2 rings (SSSR count). The van der Waals surface area contributed by atoms with Gasteiger partial charge in [-0.15, -0.1) is 0 Å². The maximum absolute atomic E-state index is 13.1. The molecule has 8 heteroatoms. The third-order valence-corrected chi connectivity index (χ3v) is 2.37. The highest BCUT2D eigenvalue weighted by Crippen LogP contribution is 2.18. The molecule has 0 aliphatic carbocycles. The predicted octanol–water partition coefficient (Wildman–Crippen LogP) is 3.34. The van der Waals surface area contributed by atoms with Crippen LogP contribution in [0.4, 0.5) is 20.4 Å². The van der Waals surface area contributed by atoms with Gasteiger partial charge in [-0.05, 0) is 30.2 Å². The molecule has 0 atom stereocenters. The van der Waals surface area contributed by atoms with Crippen molar-refractivity contribution >= 4 is 23.2 Å². The van der Waals surface area contributed by atoms with Gasteiger partial charge in [0, 0.05) is 11.8 Å². The maximum atomic E-state index is 13.1. The van der Waals surface area contributed by atoms with E-state index in [4.69, 9.17) is 16.3 Å². The zero-order valence-corrected chi connectivity index (χ0v) is 11.3. The Kier molecular flexibility index (Phi) is 4.62. The number of ether oxygens (including phenoxy) is 1. The molecular formula is C12H11ClF2N4O. The zero-order valence-electron chi connectivity index (χ0n) is 10.5. The predicted molar refractivity (Wildman–Crippen MR) is 70.3 cm³/mol. The van der Waals surface area contributed by atoms with E-state index in [1.165, 1.54) is 6.07 Å². The molecule has 0 amide bonds. The van der Waals surface area contributed by atoms with Crippen LogP contribution in [0.2, 0.25) is 5.28 Å². The van der Waals surface area contributed by atoms with Gasteiger partial charge in [-0.25, -0.2) is 8.78 Å². The van der Waals surface area contributed by atoms with Gasteiger partial charge >= 0.3 is 6.01 Å². The van der Waals surface area contributed by atoms with Gasteiger partial charge in [0.05, 0.1) is 6.61 Å². The van der Waals surface area contributed by atoms with Crippen LogP contribution < -0.4 is 10.1 Å². The van der Waals surface area contributed by atoms with E-state index in [1.54, 1.807) is 0 Å². The first kappa shape index (κ1) is 14.4. The summed E-state index contributed by atoms with van der Waals surface area (Å²) in [5.41, 5.74) is 0.285. The van der Waals surface area contributed by atoms with Crippen molar-refractivity contribution in [2.75, 3.05) is 11.9 Å². The molecule has 0 radical (unpaired) electrons. The van der Waals surface area contributed by atoms with Crippen molar-refractivity contribution < 1.29 is 13.5 Å². The first-order valence-electron chi connectivity index (χ1n) is 5.85. The van der Waals surface area contributed by atoms with Gasteiger partial charge in [-0.3, -0.25) is 0 Å². The second-order valence-electron chi connectivity index (χ2n) is 3.81. The van der Waals surface area contributed by atoms with Crippen LogP contribution in [0.15, 0.2) is 18.2 Å². The molecule has 5 nitrogen and oxygen atoms in total. The largest absolute Gasteiger partial charge is 0.463 e. The Morgan fingerprint density at radius 3 is 2.70 bits per heavy atom. The van der Waals surface area contributed by atoms with Crippen molar-refractivity contribution in [3.8, 4) is 6.01 Å². The minimum absolute atomic E-state index is 0.0591. The van der Waals surface area contributed by atoms with E-state index in [0.29, 0.717) is 6.61 Å². The van der Waals surface area contributed by atoms with Crippen LogP contribution >= 0.6 is 11.6 Å². The van der Waals surface area contributed by atoms with Crippen LogP contribution in [-0.2, 0) is 0 Å². The lowest BCUT2D eigenvalue weighted by molar-refractivity contribution is 0.292. The number of benzene rings is 1. The Balaban J connectivity index is 2.19. The van der Waals surface area contributed by atoms with Gasteiger partial charge in [0.15, 0.2) is 11.6 Å². The van der Waals surface area contributed by atoms with Crippen molar-refractivity contribution in [2.45, 2.75) is 13.3 Å². The highest BCUT2D eigenvalue weighted by atomic mass is 35.5. The number of hydrogen-bond acceptors (Lipinski definition) is 5. The summed E-state index contributed by atoms with van der Waals surface area (Å²) >= 11 is 5.74. The molecule has 106 valence electrons. The molecule has 0 bridgehead atoms. The number of aromatic nitrogens is 3. The van der Waals surface area contributed by atoms with Gasteiger partial charge in [-0.2, -0.15) is 15.0 Å². The Morgan fingerprint density at radius 1 is 1.20 bits per heavy atom. The summed E-state index contributed by atoms with van der Waals surface area (Å²) in [6.07, 6.45) is 0.787. The fourth-order valence-electron chi connectivity index (χ4n) is 1.35. The van der Waals surface area contributed by atoms with Gasteiger partial charge < -0.3 is 10.1 Å². The van der Waals surface area contributed by atoms with Crippen LogP contribution in [0.1, 0.15) is 13.3 Å². The van der Waals surface area contributed by atoms with Gasteiger partial charge in [0.2, 0.25) is 11.2 Å². The third-order valence-electron chi connectivity index (χ3n) is 2.20. The lowest BCUT2D eigenvalue weighted by Crippen LogP contribution is -2.05. The molecule has 0 aliphatic rings. The van der Waals surface area contributed by atoms with E-state index in [1.807, 2.05) is 6.92 Å². The molecule has 0 saturated heterocycles. The minimum Gasteiger partial charge on any atom is -0.463 e. The molecule has 1 aromatic carbocycles. The van der Waals surface area contributed by atoms with Crippen LogP contribution in [0.5, 0.6) is 6.01 Å². The lowest BCUT2D eigenvalue weighted by Gasteiger charge is -2.07. The second-order valence-corrected chi connectivity index (χ2v) is 4.15. The average molecular weight is 301 g/mol. The van der Waals surface area contributed by atoms with E-state index < -0.39 is 11.6 Å². The molecular weight excluding hydrogens is 290 g/mol. The molecule has 0 spiro atoms.